The predicted molar refractivity (Wildman–Crippen MR) is 271 cm³/mol. The Balaban J connectivity index is 0.0000101. The molecule has 79 heavy (non-hydrogen) atoms. The van der Waals surface area contributed by atoms with Gasteiger partial charge in [0.05, 0.1) is 37.5 Å². The molecule has 3 fully saturated rings. The molecular formula is C50H63N4NaO23S. The number of aromatic hydroxyl groups is 1. The van der Waals surface area contributed by atoms with Crippen molar-refractivity contribution in [2.75, 3.05) is 38.3 Å². The van der Waals surface area contributed by atoms with Crippen LogP contribution in [0, 0.1) is 0 Å². The van der Waals surface area contributed by atoms with Crippen molar-refractivity contribution in [1.29, 1.82) is 0 Å². The fourth-order valence-electron chi connectivity index (χ4n) is 9.57. The number of anilines is 1. The molecule has 2 aromatic rings. The minimum Gasteiger partial charge on any atom is -0.862 e. The molecule has 16 N–H and O–H groups in total. The Labute approximate surface area is 477 Å². The molecule has 5 aliphatic rings. The van der Waals surface area contributed by atoms with Crippen LogP contribution in [0.4, 0.5) is 5.69 Å². The first-order valence-electron chi connectivity index (χ1n) is 24.8. The van der Waals surface area contributed by atoms with Crippen LogP contribution in [0.25, 0.3) is 33.4 Å². The van der Waals surface area contributed by atoms with Gasteiger partial charge in [-0.05, 0) is 79.8 Å². The summed E-state index contributed by atoms with van der Waals surface area (Å²) in [5.41, 5.74) is 7.48. The van der Waals surface area contributed by atoms with Crippen molar-refractivity contribution in [3.8, 4) is 28.2 Å². The number of aliphatic hydroxyl groups is 9. The van der Waals surface area contributed by atoms with Crippen LogP contribution in [0.3, 0.4) is 0 Å². The summed E-state index contributed by atoms with van der Waals surface area (Å²) in [7, 11) is 0. The Hall–Kier alpha value is -4.61. The average molecular weight is 1140 g/mol. The summed E-state index contributed by atoms with van der Waals surface area (Å²) in [6, 6.07) is 10.3. The van der Waals surface area contributed by atoms with Crippen molar-refractivity contribution >= 4 is 51.8 Å². The number of nitrogens with zero attached hydrogens (tertiary/aromatic N) is 1. The van der Waals surface area contributed by atoms with Gasteiger partial charge in [-0.3, -0.25) is 9.79 Å². The number of phenolic OH excluding ortho intramolecular Hbond substituents is 1. The molecule has 0 amide bonds. The number of aliphatic carboxylic acids is 1. The van der Waals surface area contributed by atoms with Gasteiger partial charge in [-0.25, -0.2) is 9.59 Å². The van der Waals surface area contributed by atoms with E-state index in [1.165, 1.54) is 30.3 Å². The van der Waals surface area contributed by atoms with Crippen LogP contribution in [0.2, 0.25) is 0 Å². The molecule has 0 aromatic heterocycles. The first-order valence-corrected chi connectivity index (χ1v) is 25.2. The van der Waals surface area contributed by atoms with Gasteiger partial charge in [0.15, 0.2) is 23.1 Å². The van der Waals surface area contributed by atoms with Gasteiger partial charge in [-0.15, -0.1) is 0 Å². The molecule has 3 saturated heterocycles. The fraction of sp³-hybridized carbons (Fsp3) is 0.540. The smallest absolute Gasteiger partial charge is 0.862 e. The second-order valence-corrected chi connectivity index (χ2v) is 19.4. The Morgan fingerprint density at radius 3 is 2.27 bits per heavy atom. The number of fused-ring (bicyclic) bond motifs is 2. The van der Waals surface area contributed by atoms with E-state index in [1.54, 1.807) is 24.3 Å². The molecule has 16 atom stereocenters. The SMILES string of the molecule is CC([O-])=N[C@H]1[C@H](OCCCCCCNC(=S)Nc2ccc(-c3c4ccc(=O)cc-4oc4cc(O)ccc34)c(C(=O)O)c2)O[C@H](CO)[C@@H](O[C@@H]2O[C@H](CO)[C@H](O)[C@H](O[C@]3(C(=O)O)C[C@H](O)[C@@H](N)[C@H]([C@H](O)[C@H](O)CO)O3)[C@H]2O)[C@@H]1O.[Na+]. The number of rotatable bonds is 22. The minimum absolute atomic E-state index is 0. The number of aromatic carboxylic acids is 1. The number of nitrogens with two attached hydrogens (primary N) is 1. The molecule has 0 bridgehead atoms. The van der Waals surface area contributed by atoms with Gasteiger partial charge in [0.1, 0.15) is 84.2 Å². The number of phenols is 1. The van der Waals surface area contributed by atoms with Crippen LogP contribution in [-0.2, 0) is 33.2 Å². The number of ether oxygens (including phenoxy) is 6. The summed E-state index contributed by atoms with van der Waals surface area (Å²) in [5, 5.41) is 146. The van der Waals surface area contributed by atoms with Gasteiger partial charge in [0.2, 0.25) is 0 Å². The van der Waals surface area contributed by atoms with Crippen molar-refractivity contribution in [3.05, 3.63) is 70.4 Å². The van der Waals surface area contributed by atoms with Crippen molar-refractivity contribution in [3.63, 3.8) is 0 Å². The van der Waals surface area contributed by atoms with Gasteiger partial charge >= 0.3 is 41.5 Å². The Morgan fingerprint density at radius 1 is 0.899 bits per heavy atom. The van der Waals surface area contributed by atoms with E-state index in [9.17, 15) is 80.8 Å². The molecular weight excluding hydrogens is 1080 g/mol. The molecule has 27 nitrogen and oxygen atoms in total. The summed E-state index contributed by atoms with van der Waals surface area (Å²) in [5.74, 6) is -6.83. The van der Waals surface area contributed by atoms with Gasteiger partial charge in [0, 0.05) is 53.9 Å². The Kier molecular flexibility index (Phi) is 22.5. The van der Waals surface area contributed by atoms with Crippen molar-refractivity contribution in [1.82, 2.24) is 5.32 Å². The number of aliphatic imine (C=N–C) groups is 1. The maximum Gasteiger partial charge on any atom is 1.00 e. The Bertz CT molecular complexity index is 2790. The van der Waals surface area contributed by atoms with E-state index in [2.05, 4.69) is 15.6 Å². The van der Waals surface area contributed by atoms with E-state index in [0.29, 0.717) is 60.0 Å². The van der Waals surface area contributed by atoms with E-state index in [4.69, 9.17) is 50.8 Å². The molecule has 4 aliphatic heterocycles. The van der Waals surface area contributed by atoms with Crippen LogP contribution < -0.4 is 56.5 Å². The monoisotopic (exact) mass is 1140 g/mol. The second kappa shape index (κ2) is 27.9. The number of aliphatic hydroxyl groups excluding tert-OH is 9. The average Bonchev–Trinajstić information content (AvgIpc) is 3.52. The maximum absolute atomic E-state index is 12.8. The first-order chi connectivity index (χ1) is 37.1. The molecule has 0 radical (unpaired) electrons. The van der Waals surface area contributed by atoms with Gasteiger partial charge < -0.3 is 116 Å². The number of carboxylic acids is 2. The van der Waals surface area contributed by atoms with Crippen molar-refractivity contribution in [2.45, 2.75) is 137 Å². The molecule has 428 valence electrons. The predicted octanol–water partition coefficient (Wildman–Crippen LogP) is -5.76. The molecule has 1 aliphatic carbocycles. The third kappa shape index (κ3) is 14.5. The molecule has 4 heterocycles. The largest absolute Gasteiger partial charge is 1.00 e. The molecule has 0 unspecified atom stereocenters. The second-order valence-electron chi connectivity index (χ2n) is 19.0. The summed E-state index contributed by atoms with van der Waals surface area (Å²) in [4.78, 5) is 41.5. The summed E-state index contributed by atoms with van der Waals surface area (Å²) in [6.07, 6.45) is -22.8. The number of thiocarbonyl (C=S) groups is 1. The van der Waals surface area contributed by atoms with E-state index >= 15 is 0 Å². The Morgan fingerprint density at radius 2 is 1.59 bits per heavy atom. The number of nitrogens with one attached hydrogen (secondary N) is 2. The zero-order chi connectivity index (χ0) is 56.7. The number of carbonyl (C=O) groups is 2. The van der Waals surface area contributed by atoms with Gasteiger partial charge in [-0.2, -0.15) is 0 Å². The van der Waals surface area contributed by atoms with Crippen molar-refractivity contribution < 1.29 is 138 Å². The third-order valence-corrected chi connectivity index (χ3v) is 13.8. The molecule has 29 heteroatoms. The van der Waals surface area contributed by atoms with E-state index in [0.717, 1.165) is 6.92 Å². The normalized spacial score (nSPS) is 30.1. The van der Waals surface area contributed by atoms with Crippen LogP contribution in [0.1, 0.15) is 49.4 Å². The first kappa shape index (κ1) is 63.6. The number of benzene rings is 3. The number of hydrogen-bond acceptors (Lipinski definition) is 24. The minimum atomic E-state index is -3.01. The van der Waals surface area contributed by atoms with Crippen LogP contribution in [-0.4, -0.2) is 215 Å². The zero-order valence-corrected chi connectivity index (χ0v) is 45.5. The van der Waals surface area contributed by atoms with Crippen LogP contribution in [0.15, 0.2) is 68.8 Å². The maximum atomic E-state index is 12.8. The zero-order valence-electron chi connectivity index (χ0n) is 42.7. The summed E-state index contributed by atoms with van der Waals surface area (Å²) in [6.45, 7) is -1.33. The quantitative estimate of drug-likeness (QED) is 0.00871. The molecule has 0 saturated carbocycles. The molecule has 7 rings (SSSR count). The molecule has 0 spiro atoms. The third-order valence-electron chi connectivity index (χ3n) is 13.6. The van der Waals surface area contributed by atoms with E-state index in [1.807, 2.05) is 0 Å². The van der Waals surface area contributed by atoms with Gasteiger partial charge in [0.25, 0.3) is 5.79 Å². The number of hydrogen-bond donors (Lipinski definition) is 15. The standard InChI is InChI=1S/C50H64N4O23S.Na/c1-21(58)53-37-40(65)42(75-47-41(66)44(39(64)33(19-56)73-47)77-50(48(69)70)17-29(61)36(51)43(76-50)38(63)30(62)18-55)34(20-57)74-46(37)71-13-5-3-2-4-12-52-49(78)54-22-6-9-25(28(14-22)45(67)68)35-26-10-7-23(59)15-31(26)72-32-16-24(60)8-11-27(32)35;/h6-11,14-16,29-30,33-34,36-44,46-47,55-57,59,61-66H,2-5,12-13,17-20,51H2,1H3,(H,53,58)(H,67,68)(H,69,70)(H2,52,54,78);/q;+1/p-1/t29-,30+,33+,34+,36+,37+,38+,39-,40+,41+,42+,43+,44-,46+,47-,50-;/m0./s1. The van der Waals surface area contributed by atoms with E-state index in [-0.39, 0.29) is 69.4 Å². The number of carboxylic acid groups (broad SMARTS) is 2. The van der Waals surface area contributed by atoms with Gasteiger partial charge in [-0.1, -0.05) is 18.9 Å². The van der Waals surface area contributed by atoms with Crippen LogP contribution >= 0.6 is 12.2 Å². The fourth-order valence-corrected chi connectivity index (χ4v) is 9.79. The van der Waals surface area contributed by atoms with Crippen LogP contribution in [0.5, 0.6) is 5.75 Å². The van der Waals surface area contributed by atoms with E-state index < -0.39 is 142 Å². The molecule has 2 aromatic carbocycles. The van der Waals surface area contributed by atoms with Crippen molar-refractivity contribution in [2.24, 2.45) is 10.7 Å². The topological polar surface area (TPSA) is 448 Å². The summed E-state index contributed by atoms with van der Waals surface area (Å²) < 4.78 is 40.4. The number of unbranched alkanes of at least 4 members (excludes halogenated alkanes) is 3. The summed E-state index contributed by atoms with van der Waals surface area (Å²) >= 11 is 5.49.